The van der Waals surface area contributed by atoms with E-state index in [4.69, 9.17) is 9.26 Å². The molecule has 0 aliphatic carbocycles. The van der Waals surface area contributed by atoms with E-state index in [2.05, 4.69) is 25.6 Å². The Bertz CT molecular complexity index is 1290. The number of rotatable bonds is 10. The summed E-state index contributed by atoms with van der Waals surface area (Å²) in [5.41, 5.74) is 2.59. The lowest BCUT2D eigenvalue weighted by Gasteiger charge is -2.13. The molecule has 0 radical (unpaired) electrons. The minimum Gasteiger partial charge on any atom is -0.497 e. The smallest absolute Gasteiger partial charge is 0.257 e. The van der Waals surface area contributed by atoms with E-state index in [9.17, 15) is 4.79 Å². The van der Waals surface area contributed by atoms with E-state index in [0.717, 1.165) is 34.5 Å². The molecule has 35 heavy (non-hydrogen) atoms. The molecule has 182 valence electrons. The topological polar surface area (TPSA) is 98.3 Å². The molecule has 0 bridgehead atoms. The maximum Gasteiger partial charge on any atom is 0.257 e. The summed E-state index contributed by atoms with van der Waals surface area (Å²) in [7, 11) is 5.69. The van der Waals surface area contributed by atoms with Crippen molar-refractivity contribution in [3.63, 3.8) is 0 Å². The molecular formula is C25H28N6O3S. The van der Waals surface area contributed by atoms with Crippen LogP contribution in [0.3, 0.4) is 0 Å². The first-order chi connectivity index (χ1) is 17.0. The van der Waals surface area contributed by atoms with Crippen molar-refractivity contribution >= 4 is 17.7 Å². The van der Waals surface area contributed by atoms with E-state index in [0.29, 0.717) is 22.8 Å². The standard InChI is InChI=1S/C25H28N6O3S/c1-17-22(23(29-34-17)18-9-6-5-7-10-18)24(32)26-16-21-27-28-25(35-14-13-30(2)3)31(21)19-11-8-12-20(15-19)33-4/h5-12,15H,13-14,16H2,1-4H3,(H,26,32). The molecule has 4 rings (SSSR count). The normalized spacial score (nSPS) is 11.1. The number of methoxy groups -OCH3 is 1. The molecule has 4 aromatic rings. The van der Waals surface area contributed by atoms with Gasteiger partial charge in [-0.05, 0) is 33.2 Å². The number of hydrogen-bond donors (Lipinski definition) is 1. The van der Waals surface area contributed by atoms with Crippen LogP contribution >= 0.6 is 11.8 Å². The first-order valence-corrected chi connectivity index (χ1v) is 12.1. The van der Waals surface area contributed by atoms with Gasteiger partial charge in [-0.25, -0.2) is 0 Å². The van der Waals surface area contributed by atoms with Gasteiger partial charge in [-0.2, -0.15) is 0 Å². The molecular weight excluding hydrogens is 464 g/mol. The van der Waals surface area contributed by atoms with E-state index in [1.165, 1.54) is 0 Å². The van der Waals surface area contributed by atoms with Gasteiger partial charge in [0.15, 0.2) is 11.0 Å². The second kappa shape index (κ2) is 11.2. The quantitative estimate of drug-likeness (QED) is 0.334. The van der Waals surface area contributed by atoms with Crippen LogP contribution in [0.1, 0.15) is 21.9 Å². The van der Waals surface area contributed by atoms with E-state index in [1.54, 1.807) is 25.8 Å². The van der Waals surface area contributed by atoms with Crippen molar-refractivity contribution in [3.8, 4) is 22.7 Å². The second-order valence-electron chi connectivity index (χ2n) is 8.10. The minimum atomic E-state index is -0.287. The number of carbonyl (C=O) groups is 1. The number of aromatic nitrogens is 4. The fraction of sp³-hybridized carbons (Fsp3) is 0.280. The highest BCUT2D eigenvalue weighted by Crippen LogP contribution is 2.26. The van der Waals surface area contributed by atoms with Crippen LogP contribution in [0.25, 0.3) is 16.9 Å². The SMILES string of the molecule is COc1cccc(-n2c(CNC(=O)c3c(-c4ccccc4)noc3C)nnc2SCCN(C)C)c1. The van der Waals surface area contributed by atoms with Crippen molar-refractivity contribution in [3.05, 3.63) is 71.7 Å². The third-order valence-electron chi connectivity index (χ3n) is 5.33. The molecule has 2 heterocycles. The molecule has 10 heteroatoms. The third kappa shape index (κ3) is 5.72. The molecule has 9 nitrogen and oxygen atoms in total. The molecule has 0 unspecified atom stereocenters. The molecule has 1 amide bonds. The summed E-state index contributed by atoms with van der Waals surface area (Å²) in [6.07, 6.45) is 0. The monoisotopic (exact) mass is 492 g/mol. The maximum absolute atomic E-state index is 13.2. The lowest BCUT2D eigenvalue weighted by atomic mass is 10.1. The Kier molecular flexibility index (Phi) is 7.84. The van der Waals surface area contributed by atoms with Crippen LogP contribution in [0.5, 0.6) is 5.75 Å². The Hall–Kier alpha value is -3.63. The van der Waals surface area contributed by atoms with Crippen molar-refractivity contribution in [1.29, 1.82) is 0 Å². The first-order valence-electron chi connectivity index (χ1n) is 11.1. The predicted molar refractivity (Wildman–Crippen MR) is 135 cm³/mol. The molecule has 0 atom stereocenters. The van der Waals surface area contributed by atoms with Gasteiger partial charge in [-0.3, -0.25) is 9.36 Å². The molecule has 2 aromatic heterocycles. The van der Waals surface area contributed by atoms with Crippen molar-refractivity contribution < 1.29 is 14.1 Å². The lowest BCUT2D eigenvalue weighted by molar-refractivity contribution is 0.0948. The average molecular weight is 493 g/mol. The van der Waals surface area contributed by atoms with Crippen LogP contribution in [0, 0.1) is 6.92 Å². The summed E-state index contributed by atoms with van der Waals surface area (Å²) in [6, 6.07) is 17.2. The number of hydrogen-bond acceptors (Lipinski definition) is 8. The zero-order valence-electron chi connectivity index (χ0n) is 20.2. The van der Waals surface area contributed by atoms with Gasteiger partial charge < -0.3 is 19.5 Å². The second-order valence-corrected chi connectivity index (χ2v) is 9.16. The van der Waals surface area contributed by atoms with Crippen molar-refractivity contribution in [2.24, 2.45) is 0 Å². The van der Waals surface area contributed by atoms with Crippen LogP contribution in [0.15, 0.2) is 64.3 Å². The number of thioether (sulfide) groups is 1. The van der Waals surface area contributed by atoms with Crippen LogP contribution in [0.4, 0.5) is 0 Å². The van der Waals surface area contributed by atoms with Gasteiger partial charge in [0.2, 0.25) is 0 Å². The zero-order valence-corrected chi connectivity index (χ0v) is 21.0. The molecule has 0 aliphatic heterocycles. The van der Waals surface area contributed by atoms with E-state index in [-0.39, 0.29) is 12.5 Å². The number of aryl methyl sites for hydroxylation is 1. The summed E-state index contributed by atoms with van der Waals surface area (Å²) in [4.78, 5) is 15.3. The zero-order chi connectivity index (χ0) is 24.8. The van der Waals surface area contributed by atoms with Crippen LogP contribution in [-0.4, -0.2) is 64.2 Å². The van der Waals surface area contributed by atoms with Crippen molar-refractivity contribution in [2.45, 2.75) is 18.6 Å². The summed E-state index contributed by atoms with van der Waals surface area (Å²) < 4.78 is 12.7. The summed E-state index contributed by atoms with van der Waals surface area (Å²) >= 11 is 1.61. The van der Waals surface area contributed by atoms with Crippen molar-refractivity contribution in [1.82, 2.24) is 30.1 Å². The molecule has 0 aliphatic rings. The number of benzene rings is 2. The Morgan fingerprint density at radius 2 is 1.94 bits per heavy atom. The van der Waals surface area contributed by atoms with Crippen LogP contribution in [0.2, 0.25) is 0 Å². The molecule has 0 fully saturated rings. The number of ether oxygens (including phenoxy) is 1. The average Bonchev–Trinajstić information content (AvgIpc) is 3.46. The van der Waals surface area contributed by atoms with Gasteiger partial charge in [0, 0.05) is 23.9 Å². The molecule has 0 spiro atoms. The van der Waals surface area contributed by atoms with Gasteiger partial charge in [0.25, 0.3) is 5.91 Å². The highest BCUT2D eigenvalue weighted by atomic mass is 32.2. The van der Waals surface area contributed by atoms with Crippen molar-refractivity contribution in [2.75, 3.05) is 33.5 Å². The Labute approximate surface area is 208 Å². The fourth-order valence-corrected chi connectivity index (χ4v) is 4.59. The molecule has 0 saturated carbocycles. The summed E-state index contributed by atoms with van der Waals surface area (Å²) in [5.74, 6) is 2.35. The molecule has 0 saturated heterocycles. The number of nitrogens with zero attached hydrogens (tertiary/aromatic N) is 5. The Morgan fingerprint density at radius 1 is 1.14 bits per heavy atom. The highest BCUT2D eigenvalue weighted by molar-refractivity contribution is 7.99. The van der Waals surface area contributed by atoms with Gasteiger partial charge in [-0.1, -0.05) is 53.3 Å². The van der Waals surface area contributed by atoms with Crippen LogP contribution < -0.4 is 10.1 Å². The Morgan fingerprint density at radius 3 is 2.69 bits per heavy atom. The summed E-state index contributed by atoms with van der Waals surface area (Å²) in [6.45, 7) is 2.81. The number of carbonyl (C=O) groups excluding carboxylic acids is 1. The predicted octanol–water partition coefficient (Wildman–Crippen LogP) is 3.82. The van der Waals surface area contributed by atoms with E-state index in [1.807, 2.05) is 73.3 Å². The Balaban J connectivity index is 1.59. The number of amides is 1. The number of nitrogens with one attached hydrogen (secondary N) is 1. The van der Waals surface area contributed by atoms with Crippen LogP contribution in [-0.2, 0) is 6.54 Å². The van der Waals surface area contributed by atoms with E-state index >= 15 is 0 Å². The minimum absolute atomic E-state index is 0.177. The first kappa shape index (κ1) is 24.5. The maximum atomic E-state index is 13.2. The largest absolute Gasteiger partial charge is 0.497 e. The fourth-order valence-electron chi connectivity index (χ4n) is 3.52. The highest BCUT2D eigenvalue weighted by Gasteiger charge is 2.23. The molecule has 2 aromatic carbocycles. The van der Waals surface area contributed by atoms with Gasteiger partial charge in [0.1, 0.15) is 22.8 Å². The molecule has 1 N–H and O–H groups in total. The lowest BCUT2D eigenvalue weighted by Crippen LogP contribution is -2.25. The van der Waals surface area contributed by atoms with Gasteiger partial charge >= 0.3 is 0 Å². The third-order valence-corrected chi connectivity index (χ3v) is 6.23. The van der Waals surface area contributed by atoms with Gasteiger partial charge in [0.05, 0.1) is 19.3 Å². The van der Waals surface area contributed by atoms with E-state index < -0.39 is 0 Å². The van der Waals surface area contributed by atoms with Gasteiger partial charge in [-0.15, -0.1) is 10.2 Å². The summed E-state index contributed by atoms with van der Waals surface area (Å²) in [5, 5.41) is 16.6.